The molecule has 0 fully saturated rings. The van der Waals surface area contributed by atoms with Gasteiger partial charge >= 0.3 is 0 Å². The van der Waals surface area contributed by atoms with Crippen LogP contribution in [0.5, 0.6) is 0 Å². The van der Waals surface area contributed by atoms with E-state index in [-0.39, 0.29) is 0 Å². The smallest absolute Gasteiger partial charge is 0.228 e. The highest BCUT2D eigenvalue weighted by atomic mass is 16.5. The van der Waals surface area contributed by atoms with Crippen molar-refractivity contribution >= 4 is 0 Å². The molecule has 1 atom stereocenters. The minimum absolute atomic E-state index is 0.417. The third-order valence-corrected chi connectivity index (χ3v) is 3.31. The minimum Gasteiger partial charge on any atom is -0.339 e. The molecule has 108 valence electrons. The Balaban J connectivity index is 1.91. The van der Waals surface area contributed by atoms with Crippen molar-refractivity contribution in [2.75, 3.05) is 6.54 Å². The van der Waals surface area contributed by atoms with E-state index in [1.807, 2.05) is 18.2 Å². The predicted molar refractivity (Wildman–Crippen MR) is 79.6 cm³/mol. The summed E-state index contributed by atoms with van der Waals surface area (Å²) < 4.78 is 5.35. The molecule has 4 nitrogen and oxygen atoms in total. The fourth-order valence-electron chi connectivity index (χ4n) is 2.14. The number of benzene rings is 1. The molecule has 2 rings (SSSR count). The lowest BCUT2D eigenvalue weighted by Gasteiger charge is -2.13. The summed E-state index contributed by atoms with van der Waals surface area (Å²) in [7, 11) is 0. The van der Waals surface area contributed by atoms with E-state index in [0.717, 1.165) is 43.9 Å². The lowest BCUT2D eigenvalue weighted by molar-refractivity contribution is 0.350. The molecule has 4 heteroatoms. The number of nitrogens with one attached hydrogen (secondary N) is 1. The van der Waals surface area contributed by atoms with Crippen molar-refractivity contribution in [3.05, 3.63) is 47.6 Å². The first-order chi connectivity index (χ1) is 9.81. The maximum atomic E-state index is 5.35. The molecule has 1 aromatic carbocycles. The van der Waals surface area contributed by atoms with Crippen molar-refractivity contribution in [2.24, 2.45) is 0 Å². The van der Waals surface area contributed by atoms with Gasteiger partial charge in [0.25, 0.3) is 0 Å². The molecular weight excluding hydrogens is 250 g/mol. The highest BCUT2D eigenvalue weighted by molar-refractivity contribution is 5.18. The monoisotopic (exact) mass is 273 g/mol. The van der Waals surface area contributed by atoms with Crippen LogP contribution >= 0.6 is 0 Å². The fraction of sp³-hybridized carbons (Fsp3) is 0.500. The van der Waals surface area contributed by atoms with Crippen LogP contribution in [0.3, 0.4) is 0 Å². The largest absolute Gasteiger partial charge is 0.339 e. The summed E-state index contributed by atoms with van der Waals surface area (Å²) in [5.41, 5.74) is 1.20. The first-order valence-electron chi connectivity index (χ1n) is 7.40. The second-order valence-electron chi connectivity index (χ2n) is 5.03. The van der Waals surface area contributed by atoms with Crippen LogP contribution in [-0.2, 0) is 12.8 Å². The third kappa shape index (κ3) is 4.46. The van der Waals surface area contributed by atoms with Crippen molar-refractivity contribution in [2.45, 2.75) is 45.6 Å². The minimum atomic E-state index is 0.417. The van der Waals surface area contributed by atoms with Gasteiger partial charge in [0.15, 0.2) is 5.82 Å². The van der Waals surface area contributed by atoms with Gasteiger partial charge in [-0.3, -0.25) is 0 Å². The number of nitrogens with zero attached hydrogens (tertiary/aromatic N) is 2. The molecule has 0 aliphatic heterocycles. The van der Waals surface area contributed by atoms with E-state index in [2.05, 4.69) is 41.4 Å². The van der Waals surface area contributed by atoms with Crippen molar-refractivity contribution in [1.82, 2.24) is 15.5 Å². The molecule has 0 saturated heterocycles. The molecule has 0 radical (unpaired) electrons. The maximum Gasteiger partial charge on any atom is 0.228 e. The first kappa shape index (κ1) is 14.7. The second-order valence-corrected chi connectivity index (χ2v) is 5.03. The Hall–Kier alpha value is -1.68. The molecule has 0 saturated carbocycles. The van der Waals surface area contributed by atoms with Crippen LogP contribution in [0.25, 0.3) is 0 Å². The van der Waals surface area contributed by atoms with Crippen molar-refractivity contribution in [3.63, 3.8) is 0 Å². The standard InChI is InChI=1S/C16H23N3O/c1-3-10-17-14(4-2)12-16-18-15(19-20-16)11-13-8-6-5-7-9-13/h5-9,14,17H,3-4,10-12H2,1-2H3. The Morgan fingerprint density at radius 3 is 2.70 bits per heavy atom. The van der Waals surface area contributed by atoms with E-state index < -0.39 is 0 Å². The molecular formula is C16H23N3O. The molecule has 0 spiro atoms. The summed E-state index contributed by atoms with van der Waals surface area (Å²) >= 11 is 0. The lowest BCUT2D eigenvalue weighted by atomic mass is 10.1. The summed E-state index contributed by atoms with van der Waals surface area (Å²) in [5.74, 6) is 1.49. The summed E-state index contributed by atoms with van der Waals surface area (Å²) in [5, 5.41) is 7.56. The highest BCUT2D eigenvalue weighted by Gasteiger charge is 2.12. The molecule has 0 aliphatic rings. The zero-order valence-electron chi connectivity index (χ0n) is 12.3. The number of aromatic nitrogens is 2. The third-order valence-electron chi connectivity index (χ3n) is 3.31. The van der Waals surface area contributed by atoms with Gasteiger partial charge in [-0.25, -0.2) is 0 Å². The van der Waals surface area contributed by atoms with E-state index in [0.29, 0.717) is 6.04 Å². The number of hydrogen-bond acceptors (Lipinski definition) is 4. The SMILES string of the molecule is CCCNC(CC)Cc1nc(Cc2ccccc2)no1. The first-order valence-corrected chi connectivity index (χ1v) is 7.40. The van der Waals surface area contributed by atoms with E-state index >= 15 is 0 Å². The molecule has 1 unspecified atom stereocenters. The zero-order valence-corrected chi connectivity index (χ0v) is 12.3. The zero-order chi connectivity index (χ0) is 14.2. The van der Waals surface area contributed by atoms with Gasteiger partial charge in [0.05, 0.1) is 0 Å². The van der Waals surface area contributed by atoms with Gasteiger partial charge in [-0.15, -0.1) is 0 Å². The number of hydrogen-bond donors (Lipinski definition) is 1. The van der Waals surface area contributed by atoms with Crippen LogP contribution in [0.15, 0.2) is 34.9 Å². The Morgan fingerprint density at radius 1 is 1.20 bits per heavy atom. The van der Waals surface area contributed by atoms with Gasteiger partial charge in [0.2, 0.25) is 5.89 Å². The van der Waals surface area contributed by atoms with Crippen LogP contribution in [0, 0.1) is 0 Å². The van der Waals surface area contributed by atoms with Crippen molar-refractivity contribution < 1.29 is 4.52 Å². The van der Waals surface area contributed by atoms with Gasteiger partial charge in [-0.05, 0) is 24.9 Å². The molecule has 2 aromatic rings. The van der Waals surface area contributed by atoms with E-state index in [1.54, 1.807) is 0 Å². The Morgan fingerprint density at radius 2 is 2.00 bits per heavy atom. The molecule has 1 N–H and O–H groups in total. The predicted octanol–water partition coefficient (Wildman–Crippen LogP) is 2.98. The van der Waals surface area contributed by atoms with E-state index in [1.165, 1.54) is 5.56 Å². The van der Waals surface area contributed by atoms with Gasteiger partial charge in [-0.1, -0.05) is 49.3 Å². The fourth-order valence-corrected chi connectivity index (χ4v) is 2.14. The molecule has 0 bridgehead atoms. The Bertz CT molecular complexity index is 495. The summed E-state index contributed by atoms with van der Waals surface area (Å²) in [6.07, 6.45) is 3.73. The van der Waals surface area contributed by atoms with Crippen molar-refractivity contribution in [1.29, 1.82) is 0 Å². The molecule has 0 aliphatic carbocycles. The Kier molecular flexibility index (Phi) is 5.74. The average molecular weight is 273 g/mol. The van der Waals surface area contributed by atoms with Crippen LogP contribution in [0.1, 0.15) is 44.0 Å². The lowest BCUT2D eigenvalue weighted by Crippen LogP contribution is -2.31. The summed E-state index contributed by atoms with van der Waals surface area (Å²) in [4.78, 5) is 4.48. The molecule has 0 amide bonds. The summed E-state index contributed by atoms with van der Waals surface area (Å²) in [6.45, 7) is 5.38. The molecule has 20 heavy (non-hydrogen) atoms. The summed E-state index contributed by atoms with van der Waals surface area (Å²) in [6, 6.07) is 10.6. The van der Waals surface area contributed by atoms with Crippen LogP contribution in [0.4, 0.5) is 0 Å². The molecule has 1 aromatic heterocycles. The average Bonchev–Trinajstić information content (AvgIpc) is 2.91. The van der Waals surface area contributed by atoms with Gasteiger partial charge < -0.3 is 9.84 Å². The van der Waals surface area contributed by atoms with E-state index in [4.69, 9.17) is 4.52 Å². The van der Waals surface area contributed by atoms with Crippen LogP contribution in [0.2, 0.25) is 0 Å². The topological polar surface area (TPSA) is 51.0 Å². The van der Waals surface area contributed by atoms with E-state index in [9.17, 15) is 0 Å². The Labute approximate surface area is 120 Å². The van der Waals surface area contributed by atoms with Gasteiger partial charge in [0, 0.05) is 18.9 Å². The quantitative estimate of drug-likeness (QED) is 0.803. The van der Waals surface area contributed by atoms with Crippen LogP contribution in [-0.4, -0.2) is 22.7 Å². The second kappa shape index (κ2) is 7.80. The highest BCUT2D eigenvalue weighted by Crippen LogP contribution is 2.08. The van der Waals surface area contributed by atoms with Gasteiger partial charge in [0.1, 0.15) is 0 Å². The van der Waals surface area contributed by atoms with Crippen LogP contribution < -0.4 is 5.32 Å². The maximum absolute atomic E-state index is 5.35. The number of rotatable bonds is 8. The molecule has 1 heterocycles. The van der Waals surface area contributed by atoms with Crippen molar-refractivity contribution in [3.8, 4) is 0 Å². The van der Waals surface area contributed by atoms with Gasteiger partial charge in [-0.2, -0.15) is 4.98 Å². The normalized spacial score (nSPS) is 12.5.